The number of hydrogen-bond donors (Lipinski definition) is 2. The van der Waals surface area contributed by atoms with E-state index in [2.05, 4.69) is 5.32 Å². The number of sulfone groups is 1. The van der Waals surface area contributed by atoms with Crippen LogP contribution in [-0.2, 0) is 33.1 Å². The summed E-state index contributed by atoms with van der Waals surface area (Å²) in [4.78, 5) is 13.6. The fourth-order valence-corrected chi connectivity index (χ4v) is 4.95. The molecule has 5 nitrogen and oxygen atoms in total. The highest BCUT2D eigenvalue weighted by molar-refractivity contribution is 7.90. The highest BCUT2D eigenvalue weighted by atomic mass is 32.2. The Bertz CT molecular complexity index is 887. The largest absolute Gasteiger partial charge is 0.383 e. The third-order valence-electron chi connectivity index (χ3n) is 4.81. The van der Waals surface area contributed by atoms with Gasteiger partial charge < -0.3 is 10.4 Å². The van der Waals surface area contributed by atoms with Gasteiger partial charge in [-0.05, 0) is 60.4 Å². The molecule has 1 unspecified atom stereocenters. The van der Waals surface area contributed by atoms with Gasteiger partial charge in [-0.25, -0.2) is 8.42 Å². The predicted molar refractivity (Wildman–Crippen MR) is 102 cm³/mol. The lowest BCUT2D eigenvalue weighted by Crippen LogP contribution is -2.42. The number of rotatable bonds is 6. The smallest absolute Gasteiger partial charge is 0.220 e. The van der Waals surface area contributed by atoms with Gasteiger partial charge >= 0.3 is 0 Å². The highest BCUT2D eigenvalue weighted by Gasteiger charge is 2.35. The van der Waals surface area contributed by atoms with Crippen LogP contribution in [0.3, 0.4) is 0 Å². The van der Waals surface area contributed by atoms with Gasteiger partial charge in [0.25, 0.3) is 0 Å². The van der Waals surface area contributed by atoms with E-state index in [1.165, 1.54) is 11.1 Å². The van der Waals surface area contributed by atoms with Crippen LogP contribution in [0, 0.1) is 0 Å². The van der Waals surface area contributed by atoms with Crippen molar-refractivity contribution in [1.29, 1.82) is 0 Å². The highest BCUT2D eigenvalue weighted by Crippen LogP contribution is 2.37. The Balaban J connectivity index is 1.52. The Kier molecular flexibility index (Phi) is 5.50. The molecule has 0 bridgehead atoms. The zero-order valence-corrected chi connectivity index (χ0v) is 16.3. The monoisotopic (exact) mass is 393 g/mol. The summed E-state index contributed by atoms with van der Waals surface area (Å²) in [6.45, 7) is 0.225. The molecule has 1 amide bonds. The van der Waals surface area contributed by atoms with Gasteiger partial charge in [0.2, 0.25) is 5.91 Å². The summed E-state index contributed by atoms with van der Waals surface area (Å²) in [5.74, 6) is -0.118. The first-order chi connectivity index (χ1) is 12.3. The quantitative estimate of drug-likeness (QED) is 0.790. The van der Waals surface area contributed by atoms with Crippen molar-refractivity contribution >= 4 is 27.1 Å². The van der Waals surface area contributed by atoms with E-state index in [-0.39, 0.29) is 17.3 Å². The van der Waals surface area contributed by atoms with E-state index in [4.69, 9.17) is 0 Å². The van der Waals surface area contributed by atoms with E-state index in [1.807, 2.05) is 11.4 Å². The Hall–Kier alpha value is -1.70. The van der Waals surface area contributed by atoms with Crippen molar-refractivity contribution in [3.63, 3.8) is 0 Å². The second-order valence-corrected chi connectivity index (χ2v) is 9.85. The van der Waals surface area contributed by atoms with Crippen LogP contribution >= 0.6 is 11.3 Å². The van der Waals surface area contributed by atoms with Gasteiger partial charge in [-0.2, -0.15) is 0 Å². The van der Waals surface area contributed by atoms with E-state index in [0.717, 1.165) is 24.0 Å². The zero-order chi connectivity index (χ0) is 18.8. The topological polar surface area (TPSA) is 83.5 Å². The Morgan fingerprint density at radius 1 is 1.27 bits per heavy atom. The van der Waals surface area contributed by atoms with Gasteiger partial charge in [-0.15, -0.1) is 11.3 Å². The van der Waals surface area contributed by atoms with Crippen LogP contribution in [0.4, 0.5) is 0 Å². The lowest BCUT2D eigenvalue weighted by atomic mass is 9.83. The summed E-state index contributed by atoms with van der Waals surface area (Å²) >= 11 is 1.66. The molecule has 0 radical (unpaired) electrons. The van der Waals surface area contributed by atoms with Crippen LogP contribution in [0.1, 0.15) is 35.3 Å². The van der Waals surface area contributed by atoms with Crippen molar-refractivity contribution in [3.05, 3.63) is 51.7 Å². The maximum absolute atomic E-state index is 12.2. The van der Waals surface area contributed by atoms with Crippen LogP contribution in [0.25, 0.3) is 0 Å². The molecular weight excluding hydrogens is 370 g/mol. The zero-order valence-electron chi connectivity index (χ0n) is 14.7. The van der Waals surface area contributed by atoms with Crippen molar-refractivity contribution in [2.75, 3.05) is 12.8 Å². The van der Waals surface area contributed by atoms with E-state index in [9.17, 15) is 18.3 Å². The van der Waals surface area contributed by atoms with Crippen LogP contribution in [-0.4, -0.2) is 32.2 Å². The van der Waals surface area contributed by atoms with Crippen molar-refractivity contribution in [3.8, 4) is 0 Å². The number of hydrogen-bond acceptors (Lipinski definition) is 5. The number of aryl methyl sites for hydroxylation is 2. The molecule has 0 saturated carbocycles. The van der Waals surface area contributed by atoms with E-state index >= 15 is 0 Å². The SMILES string of the molecule is CS(=O)(=O)c1ccc(CCC(=O)NCC2(O)CCCc3sccc32)cc1. The molecule has 2 aromatic rings. The van der Waals surface area contributed by atoms with Gasteiger partial charge in [-0.1, -0.05) is 12.1 Å². The van der Waals surface area contributed by atoms with Crippen molar-refractivity contribution in [2.24, 2.45) is 0 Å². The molecule has 1 atom stereocenters. The Labute approximate surface area is 158 Å². The first-order valence-electron chi connectivity index (χ1n) is 8.63. The summed E-state index contributed by atoms with van der Waals surface area (Å²) in [5.41, 5.74) is 0.884. The first-order valence-corrected chi connectivity index (χ1v) is 11.4. The second-order valence-electron chi connectivity index (χ2n) is 6.84. The van der Waals surface area contributed by atoms with Gasteiger partial charge in [-0.3, -0.25) is 4.79 Å². The lowest BCUT2D eigenvalue weighted by molar-refractivity contribution is -0.122. The van der Waals surface area contributed by atoms with Crippen molar-refractivity contribution in [1.82, 2.24) is 5.32 Å². The summed E-state index contributed by atoms with van der Waals surface area (Å²) in [7, 11) is -3.20. The van der Waals surface area contributed by atoms with Crippen LogP contribution < -0.4 is 5.32 Å². The third-order valence-corrected chi connectivity index (χ3v) is 6.92. The van der Waals surface area contributed by atoms with Crippen LogP contribution in [0.15, 0.2) is 40.6 Å². The number of carbonyl (C=O) groups is 1. The molecule has 0 spiro atoms. The van der Waals surface area contributed by atoms with Crippen molar-refractivity contribution in [2.45, 2.75) is 42.6 Å². The molecule has 26 heavy (non-hydrogen) atoms. The molecule has 3 rings (SSSR count). The summed E-state index contributed by atoms with van der Waals surface area (Å²) in [6.07, 6.45) is 4.57. The molecule has 2 N–H and O–H groups in total. The number of fused-ring (bicyclic) bond motifs is 1. The maximum atomic E-state index is 12.2. The molecule has 140 valence electrons. The van der Waals surface area contributed by atoms with Gasteiger partial charge in [0.15, 0.2) is 9.84 Å². The number of aliphatic hydroxyl groups is 1. The standard InChI is InChI=1S/C19H23NO4S2/c1-26(23,24)15-7-4-14(5-8-15)6-9-18(21)20-13-19(22)11-2-3-17-16(19)10-12-25-17/h4-5,7-8,10,12,22H,2-3,6,9,11,13H2,1H3,(H,20,21). The van der Waals surface area contributed by atoms with Crippen molar-refractivity contribution < 1.29 is 18.3 Å². The molecule has 1 aliphatic carbocycles. The molecule has 0 saturated heterocycles. The summed E-state index contributed by atoms with van der Waals surface area (Å²) in [6, 6.07) is 8.54. The number of thiophene rings is 1. The maximum Gasteiger partial charge on any atom is 0.220 e. The minimum absolute atomic E-state index is 0.118. The summed E-state index contributed by atoms with van der Waals surface area (Å²) in [5, 5.41) is 15.7. The van der Waals surface area contributed by atoms with Gasteiger partial charge in [0.1, 0.15) is 5.60 Å². The fraction of sp³-hybridized carbons (Fsp3) is 0.421. The molecule has 0 aliphatic heterocycles. The molecule has 1 aliphatic rings. The number of nitrogens with one attached hydrogen (secondary N) is 1. The van der Waals surface area contributed by atoms with Crippen LogP contribution in [0.2, 0.25) is 0 Å². The summed E-state index contributed by atoms with van der Waals surface area (Å²) < 4.78 is 22.9. The molecular formula is C19H23NO4S2. The van der Waals surface area contributed by atoms with E-state index in [1.54, 1.807) is 35.6 Å². The Morgan fingerprint density at radius 3 is 2.69 bits per heavy atom. The molecule has 1 aromatic heterocycles. The second kappa shape index (κ2) is 7.50. The van der Waals surface area contributed by atoms with E-state index in [0.29, 0.717) is 19.3 Å². The Morgan fingerprint density at radius 2 is 2.00 bits per heavy atom. The van der Waals surface area contributed by atoms with Gasteiger partial charge in [0, 0.05) is 17.6 Å². The molecule has 7 heteroatoms. The van der Waals surface area contributed by atoms with E-state index < -0.39 is 15.4 Å². The average molecular weight is 394 g/mol. The lowest BCUT2D eigenvalue weighted by Gasteiger charge is -2.32. The average Bonchev–Trinajstić information content (AvgIpc) is 3.08. The molecule has 0 fully saturated rings. The minimum atomic E-state index is -3.20. The fourth-order valence-electron chi connectivity index (χ4n) is 3.30. The van der Waals surface area contributed by atoms with Gasteiger partial charge in [0.05, 0.1) is 11.4 Å². The minimum Gasteiger partial charge on any atom is -0.383 e. The number of benzene rings is 1. The number of amides is 1. The third kappa shape index (κ3) is 4.34. The normalized spacial score (nSPS) is 19.8. The predicted octanol–water partition coefficient (Wildman–Crippen LogP) is 2.42. The van der Waals surface area contributed by atoms with Crippen LogP contribution in [0.5, 0.6) is 0 Å². The number of carbonyl (C=O) groups excluding carboxylic acids is 1. The first kappa shape index (κ1) is 19.1. The molecule has 1 aromatic carbocycles. The molecule has 1 heterocycles.